The first-order chi connectivity index (χ1) is 7.58. The normalized spacial score (nSPS) is 12.8. The quantitative estimate of drug-likeness (QED) is 0.728. The van der Waals surface area contributed by atoms with Crippen molar-refractivity contribution in [3.8, 4) is 0 Å². The van der Waals surface area contributed by atoms with Crippen molar-refractivity contribution in [3.63, 3.8) is 0 Å². The lowest BCUT2D eigenvalue weighted by Crippen LogP contribution is -2.43. The number of nitrogens with one attached hydrogen (secondary N) is 1. The second kappa shape index (κ2) is 5.62. The molecule has 1 aromatic heterocycles. The highest BCUT2D eigenvalue weighted by molar-refractivity contribution is 5.92. The van der Waals surface area contributed by atoms with E-state index in [1.54, 1.807) is 30.9 Å². The Morgan fingerprint density at radius 2 is 2.12 bits per heavy atom. The summed E-state index contributed by atoms with van der Waals surface area (Å²) in [6.07, 6.45) is 1.25. The van der Waals surface area contributed by atoms with Gasteiger partial charge in [0.05, 0.1) is 6.04 Å². The fourth-order valence-electron chi connectivity index (χ4n) is 1.39. The Hall–Kier alpha value is -1.40. The number of carbonyl (C=O) groups is 1. The second-order valence-electron chi connectivity index (χ2n) is 3.48. The van der Waals surface area contributed by atoms with E-state index in [-0.39, 0.29) is 11.9 Å². The lowest BCUT2D eigenvalue weighted by Gasteiger charge is -2.21. The summed E-state index contributed by atoms with van der Waals surface area (Å²) in [6, 6.07) is 1.40. The van der Waals surface area contributed by atoms with Crippen LogP contribution in [0.3, 0.4) is 0 Å². The topological polar surface area (TPSA) is 65.4 Å². The minimum absolute atomic E-state index is 0.243. The SMILES string of the molecule is COC(OC)C(C)NC(=O)c1ccn(C)n1. The third kappa shape index (κ3) is 3.04. The van der Waals surface area contributed by atoms with Gasteiger partial charge in [0, 0.05) is 27.5 Å². The molecule has 0 radical (unpaired) electrons. The molecule has 1 atom stereocenters. The highest BCUT2D eigenvalue weighted by Gasteiger charge is 2.19. The zero-order chi connectivity index (χ0) is 12.1. The molecule has 1 unspecified atom stereocenters. The second-order valence-corrected chi connectivity index (χ2v) is 3.48. The van der Waals surface area contributed by atoms with E-state index in [2.05, 4.69) is 10.4 Å². The number of hydrogen-bond donors (Lipinski definition) is 1. The Bertz CT molecular complexity index is 347. The van der Waals surface area contributed by atoms with Gasteiger partial charge in [-0.05, 0) is 13.0 Å². The summed E-state index contributed by atoms with van der Waals surface area (Å²) in [5.41, 5.74) is 0.375. The molecule has 0 saturated heterocycles. The van der Waals surface area contributed by atoms with Crippen LogP contribution >= 0.6 is 0 Å². The van der Waals surface area contributed by atoms with E-state index >= 15 is 0 Å². The molecule has 0 spiro atoms. The highest BCUT2D eigenvalue weighted by atomic mass is 16.7. The maximum atomic E-state index is 11.7. The number of rotatable bonds is 5. The molecule has 1 aromatic rings. The Labute approximate surface area is 94.5 Å². The lowest BCUT2D eigenvalue weighted by molar-refractivity contribution is -0.117. The van der Waals surface area contributed by atoms with E-state index in [1.165, 1.54) is 14.2 Å². The molecular formula is C10H17N3O3. The van der Waals surface area contributed by atoms with Crippen LogP contribution in [0.25, 0.3) is 0 Å². The Morgan fingerprint density at radius 1 is 1.50 bits per heavy atom. The number of aromatic nitrogens is 2. The number of amides is 1. The molecule has 0 bridgehead atoms. The molecule has 0 aliphatic carbocycles. The predicted octanol–water partition coefficient (Wildman–Crippen LogP) is 0.157. The zero-order valence-electron chi connectivity index (χ0n) is 9.93. The first kappa shape index (κ1) is 12.7. The van der Waals surface area contributed by atoms with Crippen molar-refractivity contribution in [2.75, 3.05) is 14.2 Å². The van der Waals surface area contributed by atoms with Crippen molar-refractivity contribution in [3.05, 3.63) is 18.0 Å². The maximum Gasteiger partial charge on any atom is 0.272 e. The molecule has 6 nitrogen and oxygen atoms in total. The number of nitrogens with zero attached hydrogens (tertiary/aromatic N) is 2. The first-order valence-corrected chi connectivity index (χ1v) is 4.94. The van der Waals surface area contributed by atoms with Crippen molar-refractivity contribution in [1.29, 1.82) is 0 Å². The number of methoxy groups -OCH3 is 2. The molecule has 6 heteroatoms. The van der Waals surface area contributed by atoms with Gasteiger partial charge < -0.3 is 14.8 Å². The molecule has 0 saturated carbocycles. The van der Waals surface area contributed by atoms with Crippen LogP contribution in [-0.2, 0) is 16.5 Å². The number of ether oxygens (including phenoxy) is 2. The number of carbonyl (C=O) groups excluding carboxylic acids is 1. The highest BCUT2D eigenvalue weighted by Crippen LogP contribution is 2.01. The number of aryl methyl sites for hydroxylation is 1. The van der Waals surface area contributed by atoms with Crippen molar-refractivity contribution in [2.24, 2.45) is 7.05 Å². The van der Waals surface area contributed by atoms with Gasteiger partial charge in [0.2, 0.25) is 0 Å². The van der Waals surface area contributed by atoms with Crippen LogP contribution in [0.15, 0.2) is 12.3 Å². The summed E-state index contributed by atoms with van der Waals surface area (Å²) < 4.78 is 11.7. The van der Waals surface area contributed by atoms with Crippen molar-refractivity contribution >= 4 is 5.91 Å². The van der Waals surface area contributed by atoms with Crippen molar-refractivity contribution in [2.45, 2.75) is 19.3 Å². The summed E-state index contributed by atoms with van der Waals surface area (Å²) in [7, 11) is 4.81. The molecule has 0 fully saturated rings. The van der Waals surface area contributed by atoms with Gasteiger partial charge in [-0.15, -0.1) is 0 Å². The van der Waals surface area contributed by atoms with Crippen molar-refractivity contribution in [1.82, 2.24) is 15.1 Å². The summed E-state index contributed by atoms with van der Waals surface area (Å²) in [5.74, 6) is -0.243. The van der Waals surface area contributed by atoms with Crippen LogP contribution < -0.4 is 5.32 Å². The molecular weight excluding hydrogens is 210 g/mol. The Balaban J connectivity index is 2.57. The molecule has 90 valence electrons. The molecule has 0 aliphatic heterocycles. The predicted molar refractivity (Wildman–Crippen MR) is 57.9 cm³/mol. The lowest BCUT2D eigenvalue weighted by atomic mass is 10.3. The first-order valence-electron chi connectivity index (χ1n) is 4.94. The number of hydrogen-bond acceptors (Lipinski definition) is 4. The molecule has 1 rings (SSSR count). The van der Waals surface area contributed by atoms with Gasteiger partial charge in [0.25, 0.3) is 5.91 Å². The van der Waals surface area contributed by atoms with Gasteiger partial charge in [-0.1, -0.05) is 0 Å². The standard InChI is InChI=1S/C10H17N3O3/c1-7(10(15-3)16-4)11-9(14)8-5-6-13(2)12-8/h5-7,10H,1-4H3,(H,11,14). The fraction of sp³-hybridized carbons (Fsp3) is 0.600. The van der Waals surface area contributed by atoms with E-state index in [9.17, 15) is 4.79 Å². The van der Waals surface area contributed by atoms with E-state index in [0.717, 1.165) is 0 Å². The zero-order valence-corrected chi connectivity index (χ0v) is 9.93. The summed E-state index contributed by atoms with van der Waals surface area (Å²) in [4.78, 5) is 11.7. The van der Waals surface area contributed by atoms with Gasteiger partial charge in [-0.3, -0.25) is 9.48 Å². The Kier molecular flexibility index (Phi) is 4.45. The molecule has 1 N–H and O–H groups in total. The summed E-state index contributed by atoms with van der Waals surface area (Å²) in [5, 5.41) is 6.74. The monoisotopic (exact) mass is 227 g/mol. The largest absolute Gasteiger partial charge is 0.354 e. The van der Waals surface area contributed by atoms with Crippen LogP contribution in [0.1, 0.15) is 17.4 Å². The molecule has 0 aromatic carbocycles. The molecule has 16 heavy (non-hydrogen) atoms. The maximum absolute atomic E-state index is 11.7. The Morgan fingerprint density at radius 3 is 2.56 bits per heavy atom. The van der Waals surface area contributed by atoms with Gasteiger partial charge in [-0.25, -0.2) is 0 Å². The minimum atomic E-state index is -0.465. The third-order valence-electron chi connectivity index (χ3n) is 2.18. The van der Waals surface area contributed by atoms with Gasteiger partial charge in [0.1, 0.15) is 5.69 Å². The van der Waals surface area contributed by atoms with Gasteiger partial charge in [0.15, 0.2) is 6.29 Å². The summed E-state index contributed by atoms with van der Waals surface area (Å²) >= 11 is 0. The van der Waals surface area contributed by atoms with Crippen LogP contribution in [0.2, 0.25) is 0 Å². The van der Waals surface area contributed by atoms with Crippen LogP contribution in [0.5, 0.6) is 0 Å². The van der Waals surface area contributed by atoms with Gasteiger partial charge >= 0.3 is 0 Å². The average Bonchev–Trinajstić information content (AvgIpc) is 2.66. The smallest absolute Gasteiger partial charge is 0.272 e. The fourth-order valence-corrected chi connectivity index (χ4v) is 1.39. The van der Waals surface area contributed by atoms with Crippen LogP contribution in [-0.4, -0.2) is 42.2 Å². The molecule has 1 amide bonds. The van der Waals surface area contributed by atoms with Crippen LogP contribution in [0, 0.1) is 0 Å². The minimum Gasteiger partial charge on any atom is -0.354 e. The van der Waals surface area contributed by atoms with E-state index < -0.39 is 6.29 Å². The van der Waals surface area contributed by atoms with Crippen LogP contribution in [0.4, 0.5) is 0 Å². The van der Waals surface area contributed by atoms with Crippen molar-refractivity contribution < 1.29 is 14.3 Å². The van der Waals surface area contributed by atoms with E-state index in [1.807, 2.05) is 0 Å². The summed E-state index contributed by atoms with van der Waals surface area (Å²) in [6.45, 7) is 1.80. The molecule has 0 aliphatic rings. The van der Waals surface area contributed by atoms with Gasteiger partial charge in [-0.2, -0.15) is 5.10 Å². The van der Waals surface area contributed by atoms with E-state index in [4.69, 9.17) is 9.47 Å². The third-order valence-corrected chi connectivity index (χ3v) is 2.18. The molecule has 1 heterocycles. The average molecular weight is 227 g/mol. The van der Waals surface area contributed by atoms with E-state index in [0.29, 0.717) is 5.69 Å².